The summed E-state index contributed by atoms with van der Waals surface area (Å²) in [6, 6.07) is 7.53. The highest BCUT2D eigenvalue weighted by Crippen LogP contribution is 2.45. The van der Waals surface area contributed by atoms with E-state index in [1.807, 2.05) is 22.8 Å². The molecule has 53 heavy (non-hydrogen) atoms. The monoisotopic (exact) mass is 735 g/mol. The Bertz CT molecular complexity index is 2050. The number of likely N-dealkylation sites (tertiary alicyclic amines) is 3. The Hall–Kier alpha value is -4.76. The molecule has 2 amide bonds. The number of benzene rings is 2. The zero-order valence-electron chi connectivity index (χ0n) is 29.8. The first-order chi connectivity index (χ1) is 25.4. The summed E-state index contributed by atoms with van der Waals surface area (Å²) in [7, 11) is 2.35. The Morgan fingerprint density at radius 1 is 1.06 bits per heavy atom. The molecule has 6 heterocycles. The van der Waals surface area contributed by atoms with Gasteiger partial charge in [0.1, 0.15) is 5.41 Å². The van der Waals surface area contributed by atoms with E-state index in [-0.39, 0.29) is 29.0 Å². The average molecular weight is 736 g/mol. The number of nitrogens with zero attached hydrogens (tertiary/aromatic N) is 6. The van der Waals surface area contributed by atoms with Gasteiger partial charge >= 0.3 is 6.61 Å². The van der Waals surface area contributed by atoms with E-state index in [2.05, 4.69) is 32.4 Å². The predicted octanol–water partition coefficient (Wildman–Crippen LogP) is 4.94. The lowest BCUT2D eigenvalue weighted by Crippen LogP contribution is -2.80. The fraction of sp³-hybridized carbons (Fsp3) is 0.474. The Labute approximate surface area is 304 Å². The Morgan fingerprint density at radius 2 is 1.81 bits per heavy atom. The van der Waals surface area contributed by atoms with Crippen LogP contribution in [0.3, 0.4) is 0 Å². The molecular formula is C38H43F4N8O3+. The van der Waals surface area contributed by atoms with Gasteiger partial charge in [0.05, 0.1) is 38.6 Å². The lowest BCUT2D eigenvalue weighted by atomic mass is 9.70. The third-order valence-electron chi connectivity index (χ3n) is 11.4. The number of amides is 2. The van der Waals surface area contributed by atoms with E-state index in [9.17, 15) is 27.2 Å². The number of aromatic nitrogens is 3. The number of quaternary nitrogens is 1. The molecule has 0 aliphatic carbocycles. The Morgan fingerprint density at radius 3 is 2.49 bits per heavy atom. The van der Waals surface area contributed by atoms with Crippen molar-refractivity contribution in [3.63, 3.8) is 0 Å². The smallest absolute Gasteiger partial charge is 0.387 e. The van der Waals surface area contributed by atoms with Crippen LogP contribution in [0, 0.1) is 28.9 Å². The van der Waals surface area contributed by atoms with Gasteiger partial charge in [0.15, 0.2) is 23.0 Å². The summed E-state index contributed by atoms with van der Waals surface area (Å²) in [6.07, 6.45) is 6.24. The van der Waals surface area contributed by atoms with Gasteiger partial charge in [-0.15, -0.1) is 0 Å². The summed E-state index contributed by atoms with van der Waals surface area (Å²) in [5.74, 6) is -2.54. The molecule has 280 valence electrons. The summed E-state index contributed by atoms with van der Waals surface area (Å²) in [5.41, 5.74) is 2.68. The van der Waals surface area contributed by atoms with Crippen molar-refractivity contribution in [3.8, 4) is 17.0 Å². The zero-order valence-corrected chi connectivity index (χ0v) is 29.8. The van der Waals surface area contributed by atoms with Crippen LogP contribution in [0.15, 0.2) is 48.9 Å². The van der Waals surface area contributed by atoms with Crippen molar-refractivity contribution in [2.45, 2.75) is 32.8 Å². The number of hydrogen-bond donors (Lipinski definition) is 2. The highest BCUT2D eigenvalue weighted by molar-refractivity contribution is 5.96. The lowest BCUT2D eigenvalue weighted by molar-refractivity contribution is -0.972. The largest absolute Gasteiger partial charge is 0.432 e. The number of carbonyl (C=O) groups is 2. The van der Waals surface area contributed by atoms with E-state index in [1.165, 1.54) is 29.5 Å². The number of ether oxygens (including phenoxy) is 1. The molecule has 2 N–H and O–H groups in total. The van der Waals surface area contributed by atoms with Crippen molar-refractivity contribution in [2.75, 3.05) is 71.3 Å². The highest BCUT2D eigenvalue weighted by Gasteiger charge is 2.61. The third-order valence-corrected chi connectivity index (χ3v) is 11.4. The molecule has 4 aliphatic heterocycles. The summed E-state index contributed by atoms with van der Waals surface area (Å²) >= 11 is 0. The number of alkyl halides is 2. The quantitative estimate of drug-likeness (QED) is 0.176. The van der Waals surface area contributed by atoms with Crippen LogP contribution in [-0.2, 0) is 11.2 Å². The van der Waals surface area contributed by atoms with Gasteiger partial charge in [0.25, 0.3) is 5.91 Å². The van der Waals surface area contributed by atoms with Crippen LogP contribution in [0.1, 0.15) is 35.7 Å². The summed E-state index contributed by atoms with van der Waals surface area (Å²) in [4.78, 5) is 39.8. The minimum absolute atomic E-state index is 0.0524. The molecule has 2 aromatic carbocycles. The van der Waals surface area contributed by atoms with E-state index >= 15 is 0 Å². The maximum atomic E-state index is 15.0. The van der Waals surface area contributed by atoms with Crippen molar-refractivity contribution < 1.29 is 36.4 Å². The molecule has 8 rings (SSSR count). The lowest BCUT2D eigenvalue weighted by Gasteiger charge is -2.64. The van der Waals surface area contributed by atoms with Crippen LogP contribution in [0.25, 0.3) is 16.9 Å². The number of fused-ring (bicyclic) bond motifs is 1. The molecule has 0 atom stereocenters. The van der Waals surface area contributed by atoms with Crippen LogP contribution in [0.2, 0.25) is 0 Å². The molecule has 0 unspecified atom stereocenters. The average Bonchev–Trinajstić information content (AvgIpc) is 3.54. The Kier molecular flexibility index (Phi) is 9.04. The zero-order chi connectivity index (χ0) is 37.1. The first-order valence-corrected chi connectivity index (χ1v) is 18.2. The molecule has 4 aliphatic rings. The standard InChI is InChI=1S/C38H42F4N8O3/c1-3-24-14-26(46-33-34-45-17-29(49(34)13-10-44-33)28-6-7-30(53-37(41)42)32(40)31(28)39)4-5-27(24)36(52)47-11-8-25(9-12-47)35(51)48-19-38(20-48)21-50(2,22-38)18-23-15-43-16-23/h4-7,10,13-14,17,23,25,37,43H,3,8-9,11-12,15-16,18-22H2,1-2H3/p+1. The predicted molar refractivity (Wildman–Crippen MR) is 189 cm³/mol. The molecule has 0 saturated carbocycles. The van der Waals surface area contributed by atoms with Gasteiger partial charge in [-0.2, -0.15) is 13.2 Å². The van der Waals surface area contributed by atoms with E-state index in [1.54, 1.807) is 12.1 Å². The molecule has 4 saturated heterocycles. The second-order valence-corrected chi connectivity index (χ2v) is 15.5. The van der Waals surface area contributed by atoms with E-state index < -0.39 is 24.0 Å². The topological polar surface area (TPSA) is 104 Å². The van der Waals surface area contributed by atoms with E-state index in [0.717, 1.165) is 67.4 Å². The minimum Gasteiger partial charge on any atom is -0.432 e. The van der Waals surface area contributed by atoms with Gasteiger partial charge in [0, 0.05) is 80.3 Å². The molecule has 11 nitrogen and oxygen atoms in total. The molecule has 1 spiro atoms. The Balaban J connectivity index is 0.888. The summed E-state index contributed by atoms with van der Waals surface area (Å²) in [5, 5.41) is 6.59. The van der Waals surface area contributed by atoms with Crippen LogP contribution in [0.4, 0.5) is 29.1 Å². The van der Waals surface area contributed by atoms with Gasteiger partial charge in [-0.05, 0) is 55.2 Å². The van der Waals surface area contributed by atoms with Crippen molar-refractivity contribution in [1.29, 1.82) is 0 Å². The van der Waals surface area contributed by atoms with Gasteiger partial charge in [-0.1, -0.05) is 6.92 Å². The second-order valence-electron chi connectivity index (χ2n) is 15.5. The number of carbonyl (C=O) groups excluding carboxylic acids is 2. The van der Waals surface area contributed by atoms with Crippen LogP contribution >= 0.6 is 0 Å². The maximum Gasteiger partial charge on any atom is 0.387 e. The SMILES string of the molecule is CCc1cc(Nc2nccn3c(-c4ccc(OC(F)F)c(F)c4F)cnc23)ccc1C(=O)N1CCC(C(=O)N2CC3(C2)C[N+](C)(CC2CNC2)C3)CC1. The molecule has 0 bridgehead atoms. The third kappa shape index (κ3) is 6.58. The van der Waals surface area contributed by atoms with Crippen molar-refractivity contribution in [1.82, 2.24) is 29.5 Å². The molecule has 0 radical (unpaired) electrons. The number of nitrogens with one attached hydrogen (secondary N) is 2. The number of rotatable bonds is 10. The van der Waals surface area contributed by atoms with Crippen LogP contribution in [-0.4, -0.2) is 113 Å². The molecule has 4 aromatic rings. The molecule has 2 aromatic heterocycles. The van der Waals surface area contributed by atoms with E-state index in [0.29, 0.717) is 60.5 Å². The van der Waals surface area contributed by atoms with Gasteiger partial charge in [-0.3, -0.25) is 14.0 Å². The number of piperidine rings is 1. The minimum atomic E-state index is -3.30. The molecular weight excluding hydrogens is 692 g/mol. The molecule has 4 fully saturated rings. The van der Waals surface area contributed by atoms with Crippen molar-refractivity contribution >= 4 is 29.0 Å². The second kappa shape index (κ2) is 13.6. The van der Waals surface area contributed by atoms with Crippen LogP contribution < -0.4 is 15.4 Å². The first-order valence-electron chi connectivity index (χ1n) is 18.2. The number of aryl methyl sites for hydroxylation is 1. The molecule has 15 heteroatoms. The fourth-order valence-corrected chi connectivity index (χ4v) is 9.11. The highest BCUT2D eigenvalue weighted by atomic mass is 19.3. The fourth-order valence-electron chi connectivity index (χ4n) is 9.11. The number of imidazole rings is 1. The summed E-state index contributed by atoms with van der Waals surface area (Å²) < 4.78 is 61.4. The van der Waals surface area contributed by atoms with Crippen molar-refractivity contribution in [2.24, 2.45) is 17.3 Å². The number of hydrogen-bond acceptors (Lipinski definition) is 7. The maximum absolute atomic E-state index is 15.0. The number of halogens is 4. The van der Waals surface area contributed by atoms with Crippen molar-refractivity contribution in [3.05, 3.63) is 71.7 Å². The van der Waals surface area contributed by atoms with E-state index in [4.69, 9.17) is 0 Å². The van der Waals surface area contributed by atoms with Gasteiger partial charge < -0.3 is 29.7 Å². The first kappa shape index (κ1) is 35.3. The summed E-state index contributed by atoms with van der Waals surface area (Å²) in [6.45, 7) is 7.26. The van der Waals surface area contributed by atoms with Gasteiger partial charge in [0.2, 0.25) is 11.7 Å². The number of anilines is 2. The van der Waals surface area contributed by atoms with Gasteiger partial charge in [-0.25, -0.2) is 14.4 Å². The van der Waals surface area contributed by atoms with Crippen LogP contribution in [0.5, 0.6) is 5.75 Å². The normalized spacial score (nSPS) is 19.6.